The molecule has 1 N–H and O–H groups in total. The van der Waals surface area contributed by atoms with Crippen molar-refractivity contribution < 1.29 is 0 Å². The molecule has 110 valence electrons. The Morgan fingerprint density at radius 3 is 2.25 bits per heavy atom. The summed E-state index contributed by atoms with van der Waals surface area (Å²) in [7, 11) is -1.15. The van der Waals surface area contributed by atoms with Crippen LogP contribution >= 0.6 is 0 Å². The fourth-order valence-electron chi connectivity index (χ4n) is 3.57. The number of nitrogens with zero attached hydrogens (tertiary/aromatic N) is 1. The summed E-state index contributed by atoms with van der Waals surface area (Å²) in [5.41, 5.74) is 1.43. The summed E-state index contributed by atoms with van der Waals surface area (Å²) in [5.74, 6) is 0.918. The Morgan fingerprint density at radius 2 is 1.75 bits per heavy atom. The molecule has 1 aromatic carbocycles. The minimum absolute atomic E-state index is 0.717. The fourth-order valence-corrected chi connectivity index (χ4v) is 4.73. The lowest BCUT2D eigenvalue weighted by Gasteiger charge is -2.45. The standard InChI is InChI=1S/C17H28N2Si/c1-20(2,3)16-6-4-14(5-7-16)12-18-17-13-19-10-8-15(17)9-11-19/h4-7,15,17-18H,8-13H2,1-3H3. The molecule has 0 aromatic heterocycles. The van der Waals surface area contributed by atoms with E-state index in [2.05, 4.69) is 54.1 Å². The van der Waals surface area contributed by atoms with Crippen LogP contribution < -0.4 is 10.5 Å². The van der Waals surface area contributed by atoms with Crippen molar-refractivity contribution in [3.05, 3.63) is 29.8 Å². The van der Waals surface area contributed by atoms with Gasteiger partial charge in [0.1, 0.15) is 0 Å². The summed E-state index contributed by atoms with van der Waals surface area (Å²) < 4.78 is 0. The Hall–Kier alpha value is -0.643. The molecule has 3 heterocycles. The van der Waals surface area contributed by atoms with Crippen LogP contribution in [0.15, 0.2) is 24.3 Å². The van der Waals surface area contributed by atoms with Gasteiger partial charge < -0.3 is 10.2 Å². The van der Waals surface area contributed by atoms with E-state index in [1.807, 2.05) is 0 Å². The molecule has 0 spiro atoms. The van der Waals surface area contributed by atoms with Crippen LogP contribution in [0.5, 0.6) is 0 Å². The maximum Gasteiger partial charge on any atom is 0.0775 e. The molecule has 0 radical (unpaired) electrons. The van der Waals surface area contributed by atoms with Crippen molar-refractivity contribution in [1.82, 2.24) is 10.2 Å². The normalized spacial score (nSPS) is 29.6. The highest BCUT2D eigenvalue weighted by molar-refractivity contribution is 6.88. The zero-order chi connectivity index (χ0) is 14.2. The second kappa shape index (κ2) is 5.62. The van der Waals surface area contributed by atoms with Gasteiger partial charge in [-0.1, -0.05) is 49.1 Å². The Kier molecular flexibility index (Phi) is 4.02. The summed E-state index contributed by atoms with van der Waals surface area (Å²) in [6.07, 6.45) is 2.79. The van der Waals surface area contributed by atoms with Crippen molar-refractivity contribution in [3.8, 4) is 0 Å². The van der Waals surface area contributed by atoms with Gasteiger partial charge in [-0.25, -0.2) is 0 Å². The van der Waals surface area contributed by atoms with Gasteiger partial charge in [-0.3, -0.25) is 0 Å². The van der Waals surface area contributed by atoms with Gasteiger partial charge in [0, 0.05) is 19.1 Å². The Labute approximate surface area is 124 Å². The number of benzene rings is 1. The van der Waals surface area contributed by atoms with Gasteiger partial charge in [-0.2, -0.15) is 0 Å². The smallest absolute Gasteiger partial charge is 0.0775 e. The quantitative estimate of drug-likeness (QED) is 0.856. The molecule has 3 heteroatoms. The van der Waals surface area contributed by atoms with Gasteiger partial charge >= 0.3 is 0 Å². The number of rotatable bonds is 4. The highest BCUT2D eigenvalue weighted by atomic mass is 28.3. The first-order valence-electron chi connectivity index (χ1n) is 8.07. The molecule has 0 amide bonds. The zero-order valence-corrected chi connectivity index (χ0v) is 14.2. The van der Waals surface area contributed by atoms with Gasteiger partial charge in [0.05, 0.1) is 8.07 Å². The number of piperidine rings is 3. The number of nitrogens with one attached hydrogen (secondary N) is 1. The summed E-state index contributed by atoms with van der Waals surface area (Å²) in [6, 6.07) is 10.1. The number of hydrogen-bond acceptors (Lipinski definition) is 2. The predicted octanol–water partition coefficient (Wildman–Crippen LogP) is 2.42. The monoisotopic (exact) mass is 288 g/mol. The molecule has 1 unspecified atom stereocenters. The summed E-state index contributed by atoms with van der Waals surface area (Å²) >= 11 is 0. The molecule has 4 rings (SSSR count). The van der Waals surface area contributed by atoms with Crippen LogP contribution in [0.1, 0.15) is 18.4 Å². The second-order valence-electron chi connectivity index (χ2n) is 7.57. The lowest BCUT2D eigenvalue weighted by Crippen LogP contribution is -2.55. The highest BCUT2D eigenvalue weighted by Crippen LogP contribution is 2.27. The average Bonchev–Trinajstić information content (AvgIpc) is 2.46. The third kappa shape index (κ3) is 3.16. The third-order valence-corrected chi connectivity index (χ3v) is 7.11. The predicted molar refractivity (Wildman–Crippen MR) is 89.2 cm³/mol. The van der Waals surface area contributed by atoms with Gasteiger partial charge in [0.15, 0.2) is 0 Å². The fraction of sp³-hybridized carbons (Fsp3) is 0.647. The van der Waals surface area contributed by atoms with E-state index in [-0.39, 0.29) is 0 Å². The third-order valence-electron chi connectivity index (χ3n) is 5.04. The van der Waals surface area contributed by atoms with E-state index < -0.39 is 8.07 Å². The minimum atomic E-state index is -1.15. The molecular formula is C17H28N2Si. The lowest BCUT2D eigenvalue weighted by molar-refractivity contribution is 0.0720. The molecule has 3 aliphatic heterocycles. The van der Waals surface area contributed by atoms with E-state index in [1.165, 1.54) is 38.0 Å². The van der Waals surface area contributed by atoms with Crippen LogP contribution in [0.3, 0.4) is 0 Å². The van der Waals surface area contributed by atoms with Crippen LogP contribution in [0.2, 0.25) is 19.6 Å². The van der Waals surface area contributed by atoms with Gasteiger partial charge in [0.25, 0.3) is 0 Å². The van der Waals surface area contributed by atoms with E-state index in [1.54, 1.807) is 5.19 Å². The maximum atomic E-state index is 3.80. The maximum absolute atomic E-state index is 3.80. The molecule has 3 aliphatic rings. The van der Waals surface area contributed by atoms with E-state index in [0.29, 0.717) is 6.04 Å². The summed E-state index contributed by atoms with van der Waals surface area (Å²) in [4.78, 5) is 2.62. The van der Waals surface area contributed by atoms with Crippen molar-refractivity contribution in [1.29, 1.82) is 0 Å². The Morgan fingerprint density at radius 1 is 1.10 bits per heavy atom. The van der Waals surface area contributed by atoms with Crippen LogP contribution in [0, 0.1) is 5.92 Å². The first-order chi connectivity index (χ1) is 9.52. The van der Waals surface area contributed by atoms with Crippen LogP contribution in [0.4, 0.5) is 0 Å². The molecule has 1 atom stereocenters. The van der Waals surface area contributed by atoms with E-state index in [0.717, 1.165) is 12.5 Å². The highest BCUT2D eigenvalue weighted by Gasteiger charge is 2.33. The zero-order valence-electron chi connectivity index (χ0n) is 13.2. The van der Waals surface area contributed by atoms with Crippen molar-refractivity contribution >= 4 is 13.3 Å². The van der Waals surface area contributed by atoms with E-state index in [4.69, 9.17) is 0 Å². The molecule has 2 bridgehead atoms. The van der Waals surface area contributed by atoms with Gasteiger partial charge in [-0.15, -0.1) is 0 Å². The van der Waals surface area contributed by atoms with Crippen molar-refractivity contribution in [2.45, 2.75) is 45.1 Å². The SMILES string of the molecule is C[Si](C)(C)c1ccc(CNC2CN3CCC2CC3)cc1. The molecule has 0 saturated carbocycles. The molecule has 3 saturated heterocycles. The Balaban J connectivity index is 1.56. The topological polar surface area (TPSA) is 15.3 Å². The van der Waals surface area contributed by atoms with Crippen LogP contribution in [0.25, 0.3) is 0 Å². The van der Waals surface area contributed by atoms with E-state index >= 15 is 0 Å². The Bertz CT molecular complexity index is 441. The van der Waals surface area contributed by atoms with Crippen molar-refractivity contribution in [2.24, 2.45) is 5.92 Å². The molecular weight excluding hydrogens is 260 g/mol. The average molecular weight is 289 g/mol. The summed E-state index contributed by atoms with van der Waals surface area (Å²) in [6.45, 7) is 12.2. The minimum Gasteiger partial charge on any atom is -0.308 e. The summed E-state index contributed by atoms with van der Waals surface area (Å²) in [5, 5.41) is 5.36. The number of fused-ring (bicyclic) bond motifs is 3. The molecule has 2 nitrogen and oxygen atoms in total. The van der Waals surface area contributed by atoms with Gasteiger partial charge in [0.2, 0.25) is 0 Å². The lowest BCUT2D eigenvalue weighted by atomic mass is 9.84. The largest absolute Gasteiger partial charge is 0.308 e. The molecule has 1 aromatic rings. The van der Waals surface area contributed by atoms with Crippen LogP contribution in [-0.2, 0) is 6.54 Å². The first kappa shape index (κ1) is 14.3. The first-order valence-corrected chi connectivity index (χ1v) is 11.6. The van der Waals surface area contributed by atoms with Crippen molar-refractivity contribution in [2.75, 3.05) is 19.6 Å². The van der Waals surface area contributed by atoms with Gasteiger partial charge in [-0.05, 0) is 37.4 Å². The molecule has 0 aliphatic carbocycles. The van der Waals surface area contributed by atoms with Crippen molar-refractivity contribution in [3.63, 3.8) is 0 Å². The van der Waals surface area contributed by atoms with Crippen LogP contribution in [-0.4, -0.2) is 38.6 Å². The van der Waals surface area contributed by atoms with E-state index in [9.17, 15) is 0 Å². The molecule has 3 fully saturated rings. The molecule has 20 heavy (non-hydrogen) atoms. The number of hydrogen-bond donors (Lipinski definition) is 1. The second-order valence-corrected chi connectivity index (χ2v) is 12.6.